The summed E-state index contributed by atoms with van der Waals surface area (Å²) in [6.07, 6.45) is 13.2. The van der Waals surface area contributed by atoms with Crippen LogP contribution in [0.1, 0.15) is 99.4 Å². The number of alkyl halides is 1. The molecular weight excluding hydrogens is 569 g/mol. The van der Waals surface area contributed by atoms with Crippen molar-refractivity contribution in [1.29, 1.82) is 0 Å². The fourth-order valence-corrected chi connectivity index (χ4v) is 10.4. The molecule has 6 nitrogen and oxygen atoms in total. The Morgan fingerprint density at radius 1 is 1.00 bits per heavy atom. The van der Waals surface area contributed by atoms with Gasteiger partial charge in [0.15, 0.2) is 0 Å². The molecule has 0 radical (unpaired) electrons. The average Bonchev–Trinajstić information content (AvgIpc) is 3.66. The molecule has 0 spiro atoms. The summed E-state index contributed by atoms with van der Waals surface area (Å²) < 4.78 is 17.8. The third-order valence-electron chi connectivity index (χ3n) is 12.1. The average molecular weight is 610 g/mol. The first-order valence-corrected chi connectivity index (χ1v) is 17.3. The normalized spacial score (nSPS) is 32.0. The van der Waals surface area contributed by atoms with Crippen LogP contribution in [0.15, 0.2) is 42.6 Å². The van der Waals surface area contributed by atoms with Crippen LogP contribution in [0.5, 0.6) is 0 Å². The zero-order valence-corrected chi connectivity index (χ0v) is 26.6. The van der Waals surface area contributed by atoms with Gasteiger partial charge in [-0.3, -0.25) is 14.4 Å². The molecule has 0 atom stereocenters. The predicted molar refractivity (Wildman–Crippen MR) is 172 cm³/mol. The van der Waals surface area contributed by atoms with Gasteiger partial charge in [0, 0.05) is 43.2 Å². The fourth-order valence-electron chi connectivity index (χ4n) is 9.51. The van der Waals surface area contributed by atoms with Crippen LogP contribution in [0.3, 0.4) is 0 Å². The van der Waals surface area contributed by atoms with E-state index in [1.165, 1.54) is 28.9 Å². The van der Waals surface area contributed by atoms with Gasteiger partial charge in [-0.2, -0.15) is 5.10 Å². The number of hydrogen-bond acceptors (Lipinski definition) is 5. The number of amides is 1. The predicted octanol–water partition coefficient (Wildman–Crippen LogP) is 8.19. The fraction of sp³-hybridized carbons (Fsp3) is 0.556. The first-order valence-electron chi connectivity index (χ1n) is 16.5. The van der Waals surface area contributed by atoms with E-state index in [1.807, 2.05) is 24.1 Å². The number of hydrogen-bond donors (Lipinski definition) is 0. The monoisotopic (exact) mass is 609 g/mol. The molecule has 7 aliphatic rings. The highest BCUT2D eigenvalue weighted by Crippen LogP contribution is 2.71. The number of aromatic nitrogens is 4. The molecule has 4 bridgehead atoms. The minimum atomic E-state index is -1.00. The molecule has 0 N–H and O–H groups in total. The van der Waals surface area contributed by atoms with E-state index in [-0.39, 0.29) is 22.2 Å². The summed E-state index contributed by atoms with van der Waals surface area (Å²) in [5.74, 6) is 1.51. The van der Waals surface area contributed by atoms with E-state index in [9.17, 15) is 9.18 Å². The van der Waals surface area contributed by atoms with E-state index in [4.69, 9.17) is 10.1 Å². The summed E-state index contributed by atoms with van der Waals surface area (Å²) in [5, 5.41) is 5.98. The second-order valence-corrected chi connectivity index (χ2v) is 16.5. The number of nitrogens with zero attached hydrogens (tertiary/aromatic N) is 5. The molecule has 3 aromatic heterocycles. The summed E-state index contributed by atoms with van der Waals surface area (Å²) in [6.45, 7) is 2.73. The summed E-state index contributed by atoms with van der Waals surface area (Å²) >= 11 is 1.70. The van der Waals surface area contributed by atoms with Gasteiger partial charge in [0.05, 0.1) is 20.9 Å². The van der Waals surface area contributed by atoms with Crippen molar-refractivity contribution in [2.24, 2.45) is 17.9 Å². The maximum Gasteiger partial charge on any atom is 0.228 e. The standard InChI is InChI=1S/C36H40FN5OS/c1-23-39-27-6-5-25(15-29(27)44-23)26-7-14-38-31(16-26)42(32(43)18-34-19-36(37,20-34)21-34)22-33-8-11-35(12-9-33,13-10-33)30-17-28(24-3-4-24)40-41(30)2/h5-7,14-17,24H,3-4,8-13,18-22H2,1-2H3. The van der Waals surface area contributed by atoms with Gasteiger partial charge in [-0.05, 0) is 130 Å². The van der Waals surface area contributed by atoms with Gasteiger partial charge in [-0.25, -0.2) is 14.4 Å². The Labute approximate surface area is 262 Å². The Morgan fingerprint density at radius 3 is 2.43 bits per heavy atom. The minimum Gasteiger partial charge on any atom is -0.296 e. The lowest BCUT2D eigenvalue weighted by Crippen LogP contribution is -2.65. The number of pyridine rings is 1. The van der Waals surface area contributed by atoms with Crippen LogP contribution in [-0.2, 0) is 17.3 Å². The lowest BCUT2D eigenvalue weighted by atomic mass is 9.41. The first kappa shape index (κ1) is 27.2. The summed E-state index contributed by atoms with van der Waals surface area (Å²) in [7, 11) is 2.13. The van der Waals surface area contributed by atoms with E-state index in [2.05, 4.69) is 47.0 Å². The van der Waals surface area contributed by atoms with E-state index >= 15 is 0 Å². The highest BCUT2D eigenvalue weighted by atomic mass is 32.1. The number of carbonyl (C=O) groups is 1. The van der Waals surface area contributed by atoms with Crippen molar-refractivity contribution in [2.75, 3.05) is 11.4 Å². The largest absolute Gasteiger partial charge is 0.296 e. The number of thiazole rings is 1. The third-order valence-corrected chi connectivity index (χ3v) is 13.0. The van der Waals surface area contributed by atoms with Crippen molar-refractivity contribution in [3.63, 3.8) is 0 Å². The third kappa shape index (κ3) is 4.30. The zero-order chi connectivity index (χ0) is 29.9. The van der Waals surface area contributed by atoms with Crippen molar-refractivity contribution in [3.8, 4) is 11.1 Å². The maximum atomic E-state index is 14.4. The van der Waals surface area contributed by atoms with E-state index < -0.39 is 5.67 Å². The molecule has 0 saturated heterocycles. The topological polar surface area (TPSA) is 63.9 Å². The molecule has 0 aliphatic heterocycles. The number of carbonyl (C=O) groups excluding carboxylic acids is 1. The Morgan fingerprint density at radius 2 is 1.73 bits per heavy atom. The lowest BCUT2D eigenvalue weighted by molar-refractivity contribution is -0.215. The van der Waals surface area contributed by atoms with Crippen molar-refractivity contribution in [1.82, 2.24) is 19.7 Å². The van der Waals surface area contributed by atoms with Crippen LogP contribution >= 0.6 is 11.3 Å². The number of aryl methyl sites for hydroxylation is 2. The van der Waals surface area contributed by atoms with Crippen molar-refractivity contribution in [2.45, 2.75) is 101 Å². The molecule has 0 unspecified atom stereocenters. The number of benzene rings is 1. The van der Waals surface area contributed by atoms with Crippen molar-refractivity contribution in [3.05, 3.63) is 59.0 Å². The van der Waals surface area contributed by atoms with Gasteiger partial charge in [0.1, 0.15) is 11.5 Å². The molecule has 7 fully saturated rings. The number of fused-ring (bicyclic) bond motifs is 4. The van der Waals surface area contributed by atoms with Crippen molar-refractivity contribution < 1.29 is 9.18 Å². The Bertz CT molecular complexity index is 1780. The first-order chi connectivity index (χ1) is 21.1. The molecule has 3 heterocycles. The van der Waals surface area contributed by atoms with Crippen molar-refractivity contribution >= 4 is 33.3 Å². The van der Waals surface area contributed by atoms with Gasteiger partial charge < -0.3 is 0 Å². The Kier molecular flexibility index (Phi) is 5.69. The van der Waals surface area contributed by atoms with Gasteiger partial charge >= 0.3 is 0 Å². The van der Waals surface area contributed by atoms with Gasteiger partial charge in [0.25, 0.3) is 0 Å². The highest BCUT2D eigenvalue weighted by molar-refractivity contribution is 7.18. The van der Waals surface area contributed by atoms with Crippen LogP contribution in [-0.4, -0.2) is 37.9 Å². The summed E-state index contributed by atoms with van der Waals surface area (Å²) in [5.41, 5.74) is 5.05. The molecule has 11 rings (SSSR count). The molecule has 44 heavy (non-hydrogen) atoms. The highest BCUT2D eigenvalue weighted by Gasteiger charge is 2.69. The van der Waals surface area contributed by atoms with Crippen LogP contribution < -0.4 is 4.90 Å². The van der Waals surface area contributed by atoms with E-state index in [0.717, 1.165) is 66.0 Å². The summed E-state index contributed by atoms with van der Waals surface area (Å²) in [6, 6.07) is 12.9. The van der Waals surface area contributed by atoms with E-state index in [0.29, 0.717) is 38.1 Å². The molecule has 228 valence electrons. The second-order valence-electron chi connectivity index (χ2n) is 15.3. The number of rotatable bonds is 8. The van der Waals surface area contributed by atoms with Gasteiger partial charge in [-0.15, -0.1) is 11.3 Å². The number of anilines is 1. The number of halogens is 1. The molecule has 1 aromatic carbocycles. The van der Waals surface area contributed by atoms with Crippen LogP contribution in [0.2, 0.25) is 0 Å². The molecule has 4 aromatic rings. The molecule has 1 amide bonds. The lowest BCUT2D eigenvalue weighted by Gasteiger charge is -2.66. The second kappa shape index (κ2) is 9.21. The van der Waals surface area contributed by atoms with Crippen LogP contribution in [0.4, 0.5) is 10.2 Å². The van der Waals surface area contributed by atoms with Crippen LogP contribution in [0.25, 0.3) is 21.3 Å². The molecular formula is C36H40FN5OS. The van der Waals surface area contributed by atoms with E-state index in [1.54, 1.807) is 11.3 Å². The smallest absolute Gasteiger partial charge is 0.228 e. The molecule has 7 saturated carbocycles. The molecule has 7 aliphatic carbocycles. The quantitative estimate of drug-likeness (QED) is 0.202. The van der Waals surface area contributed by atoms with Gasteiger partial charge in [-0.1, -0.05) is 6.07 Å². The zero-order valence-electron chi connectivity index (χ0n) is 25.7. The molecule has 8 heteroatoms. The van der Waals surface area contributed by atoms with Crippen LogP contribution in [0, 0.1) is 17.8 Å². The SMILES string of the molecule is Cc1nc2ccc(-c3ccnc(N(CC45CCC(c6cc(C7CC7)nn6C)(CC4)CC5)C(=O)CC45CC(F)(C4)C5)c3)cc2s1. The maximum absolute atomic E-state index is 14.4. The minimum absolute atomic E-state index is 0.0901. The Hall–Kier alpha value is -3.13. The summed E-state index contributed by atoms with van der Waals surface area (Å²) in [4.78, 5) is 25.6. The van der Waals surface area contributed by atoms with Gasteiger partial charge in [0.2, 0.25) is 5.91 Å². The Balaban J connectivity index is 1.00.